The minimum Gasteiger partial charge on any atom is -0.399 e. The minimum absolute atomic E-state index is 0.306. The first-order valence-corrected chi connectivity index (χ1v) is 5.87. The second-order valence-electron chi connectivity index (χ2n) is 4.15. The first-order valence-electron chi connectivity index (χ1n) is 5.87. The minimum atomic E-state index is 0.306. The Morgan fingerprint density at radius 3 is 2.29 bits per heavy atom. The third-order valence-electron chi connectivity index (χ3n) is 3.03. The monoisotopic (exact) mass is 226 g/mol. The molecule has 2 heteroatoms. The molecule has 0 bridgehead atoms. The van der Waals surface area contributed by atoms with E-state index in [2.05, 4.69) is 35.6 Å². The summed E-state index contributed by atoms with van der Waals surface area (Å²) in [4.78, 5) is 0. The maximum absolute atomic E-state index is 5.97. The molecule has 0 aromatic heterocycles. The quantitative estimate of drug-likeness (QED) is 0.787. The van der Waals surface area contributed by atoms with Crippen LogP contribution in [0.2, 0.25) is 0 Å². The van der Waals surface area contributed by atoms with Gasteiger partial charge in [0.1, 0.15) is 0 Å². The highest BCUT2D eigenvalue weighted by molar-refractivity contribution is 5.47. The third kappa shape index (κ3) is 2.86. The average molecular weight is 226 g/mol. The standard InChI is InChI=1S/C15H18N2/c1-17-15(12-7-3-2-4-8-12)11-13-9-5-6-10-14(13)16/h2-10,15,17H,11,16H2,1H3. The van der Waals surface area contributed by atoms with Gasteiger partial charge in [0.15, 0.2) is 0 Å². The molecular formula is C15H18N2. The van der Waals surface area contributed by atoms with Gasteiger partial charge in [-0.2, -0.15) is 0 Å². The maximum atomic E-state index is 5.97. The molecule has 0 saturated carbocycles. The Morgan fingerprint density at radius 1 is 1.00 bits per heavy atom. The largest absolute Gasteiger partial charge is 0.399 e. The first-order chi connectivity index (χ1) is 8.31. The molecule has 2 nitrogen and oxygen atoms in total. The summed E-state index contributed by atoms with van der Waals surface area (Å²) >= 11 is 0. The van der Waals surface area contributed by atoms with Gasteiger partial charge in [-0.05, 0) is 30.7 Å². The summed E-state index contributed by atoms with van der Waals surface area (Å²) in [5.41, 5.74) is 9.32. The van der Waals surface area contributed by atoms with E-state index in [9.17, 15) is 0 Å². The van der Waals surface area contributed by atoms with Crippen LogP contribution in [0.4, 0.5) is 5.69 Å². The van der Waals surface area contributed by atoms with E-state index in [-0.39, 0.29) is 0 Å². The van der Waals surface area contributed by atoms with Gasteiger partial charge in [0.05, 0.1) is 0 Å². The van der Waals surface area contributed by atoms with Crippen molar-refractivity contribution in [1.29, 1.82) is 0 Å². The van der Waals surface area contributed by atoms with Gasteiger partial charge >= 0.3 is 0 Å². The summed E-state index contributed by atoms with van der Waals surface area (Å²) in [5, 5.41) is 3.34. The van der Waals surface area contributed by atoms with Gasteiger partial charge < -0.3 is 11.1 Å². The smallest absolute Gasteiger partial charge is 0.0359 e. The van der Waals surface area contributed by atoms with Crippen LogP contribution >= 0.6 is 0 Å². The summed E-state index contributed by atoms with van der Waals surface area (Å²) in [7, 11) is 1.98. The lowest BCUT2D eigenvalue weighted by molar-refractivity contribution is 0.593. The third-order valence-corrected chi connectivity index (χ3v) is 3.03. The predicted octanol–water partition coefficient (Wildman–Crippen LogP) is 2.77. The molecule has 2 rings (SSSR count). The number of nitrogens with one attached hydrogen (secondary N) is 1. The molecule has 2 aromatic rings. The van der Waals surface area contributed by atoms with Gasteiger partial charge in [-0.15, -0.1) is 0 Å². The van der Waals surface area contributed by atoms with Crippen LogP contribution < -0.4 is 11.1 Å². The number of para-hydroxylation sites is 1. The van der Waals surface area contributed by atoms with Crippen LogP contribution in [0.5, 0.6) is 0 Å². The van der Waals surface area contributed by atoms with E-state index in [1.165, 1.54) is 11.1 Å². The van der Waals surface area contributed by atoms with Crippen molar-refractivity contribution in [3.8, 4) is 0 Å². The molecule has 2 aromatic carbocycles. The summed E-state index contributed by atoms with van der Waals surface area (Å²) in [6.07, 6.45) is 0.910. The first kappa shape index (κ1) is 11.7. The Hall–Kier alpha value is -1.80. The van der Waals surface area contributed by atoms with Crippen molar-refractivity contribution >= 4 is 5.69 Å². The van der Waals surface area contributed by atoms with E-state index >= 15 is 0 Å². The normalized spacial score (nSPS) is 12.3. The topological polar surface area (TPSA) is 38.0 Å². The molecule has 1 unspecified atom stereocenters. The number of hydrogen-bond acceptors (Lipinski definition) is 2. The van der Waals surface area contributed by atoms with Crippen molar-refractivity contribution in [1.82, 2.24) is 5.32 Å². The van der Waals surface area contributed by atoms with Gasteiger partial charge in [0, 0.05) is 11.7 Å². The fourth-order valence-electron chi connectivity index (χ4n) is 2.01. The Kier molecular flexibility index (Phi) is 3.78. The summed E-state index contributed by atoms with van der Waals surface area (Å²) in [6.45, 7) is 0. The zero-order valence-corrected chi connectivity index (χ0v) is 10.1. The number of likely N-dealkylation sites (N-methyl/N-ethyl adjacent to an activating group) is 1. The molecular weight excluding hydrogens is 208 g/mol. The highest BCUT2D eigenvalue weighted by Crippen LogP contribution is 2.21. The number of hydrogen-bond donors (Lipinski definition) is 2. The van der Waals surface area contributed by atoms with Gasteiger partial charge in [0.25, 0.3) is 0 Å². The highest BCUT2D eigenvalue weighted by Gasteiger charge is 2.10. The molecule has 0 amide bonds. The van der Waals surface area contributed by atoms with Crippen molar-refractivity contribution < 1.29 is 0 Å². The number of rotatable bonds is 4. The van der Waals surface area contributed by atoms with Gasteiger partial charge in [0.2, 0.25) is 0 Å². The lowest BCUT2D eigenvalue weighted by Gasteiger charge is -2.17. The van der Waals surface area contributed by atoms with E-state index < -0.39 is 0 Å². The summed E-state index contributed by atoms with van der Waals surface area (Å²) < 4.78 is 0. The molecule has 0 aliphatic carbocycles. The lowest BCUT2D eigenvalue weighted by Crippen LogP contribution is -2.19. The molecule has 88 valence electrons. The van der Waals surface area contributed by atoms with Crippen molar-refractivity contribution in [3.05, 3.63) is 65.7 Å². The molecule has 0 saturated heterocycles. The van der Waals surface area contributed by atoms with Crippen LogP contribution in [0.15, 0.2) is 54.6 Å². The fourth-order valence-corrected chi connectivity index (χ4v) is 2.01. The molecule has 1 atom stereocenters. The van der Waals surface area contributed by atoms with Crippen LogP contribution in [-0.2, 0) is 6.42 Å². The molecule has 0 fully saturated rings. The average Bonchev–Trinajstić information content (AvgIpc) is 2.39. The SMILES string of the molecule is CNC(Cc1ccccc1N)c1ccccc1. The van der Waals surface area contributed by atoms with E-state index in [1.807, 2.05) is 31.3 Å². The number of nitrogen functional groups attached to an aromatic ring is 1. The Bertz CT molecular complexity index is 465. The van der Waals surface area contributed by atoms with E-state index in [4.69, 9.17) is 5.73 Å². The second kappa shape index (κ2) is 5.51. The van der Waals surface area contributed by atoms with Crippen LogP contribution in [0.3, 0.4) is 0 Å². The van der Waals surface area contributed by atoms with E-state index in [1.54, 1.807) is 0 Å². The van der Waals surface area contributed by atoms with Crippen molar-refractivity contribution in [2.75, 3.05) is 12.8 Å². The summed E-state index contributed by atoms with van der Waals surface area (Å²) in [5.74, 6) is 0. The van der Waals surface area contributed by atoms with Gasteiger partial charge in [-0.25, -0.2) is 0 Å². The molecule has 0 heterocycles. The van der Waals surface area contributed by atoms with E-state index in [0.717, 1.165) is 12.1 Å². The zero-order chi connectivity index (χ0) is 12.1. The molecule has 0 spiro atoms. The second-order valence-corrected chi connectivity index (χ2v) is 4.15. The van der Waals surface area contributed by atoms with Crippen LogP contribution in [0.1, 0.15) is 17.2 Å². The molecule has 0 aliphatic rings. The van der Waals surface area contributed by atoms with Crippen LogP contribution in [0.25, 0.3) is 0 Å². The van der Waals surface area contributed by atoms with Gasteiger partial charge in [-0.1, -0.05) is 48.5 Å². The molecule has 17 heavy (non-hydrogen) atoms. The lowest BCUT2D eigenvalue weighted by atomic mass is 9.98. The Labute approximate surface area is 102 Å². The van der Waals surface area contributed by atoms with Crippen LogP contribution in [0, 0.1) is 0 Å². The molecule has 0 radical (unpaired) electrons. The van der Waals surface area contributed by atoms with Crippen molar-refractivity contribution in [2.24, 2.45) is 0 Å². The van der Waals surface area contributed by atoms with Crippen molar-refractivity contribution in [3.63, 3.8) is 0 Å². The van der Waals surface area contributed by atoms with Crippen molar-refractivity contribution in [2.45, 2.75) is 12.5 Å². The number of anilines is 1. The number of nitrogens with two attached hydrogens (primary N) is 1. The fraction of sp³-hybridized carbons (Fsp3) is 0.200. The number of benzene rings is 2. The molecule has 0 aliphatic heterocycles. The molecule has 3 N–H and O–H groups in total. The summed E-state index contributed by atoms with van der Waals surface area (Å²) in [6, 6.07) is 18.8. The van der Waals surface area contributed by atoms with Crippen LogP contribution in [-0.4, -0.2) is 7.05 Å². The maximum Gasteiger partial charge on any atom is 0.0359 e. The van der Waals surface area contributed by atoms with Gasteiger partial charge in [-0.3, -0.25) is 0 Å². The Morgan fingerprint density at radius 2 is 1.65 bits per heavy atom. The predicted molar refractivity (Wildman–Crippen MR) is 72.8 cm³/mol. The zero-order valence-electron chi connectivity index (χ0n) is 10.1. The van der Waals surface area contributed by atoms with E-state index in [0.29, 0.717) is 6.04 Å². The Balaban J connectivity index is 2.19. The highest BCUT2D eigenvalue weighted by atomic mass is 14.9.